The summed E-state index contributed by atoms with van der Waals surface area (Å²) in [6.07, 6.45) is 2.60. The highest BCUT2D eigenvalue weighted by atomic mass is 35.5. The molecule has 0 saturated heterocycles. The lowest BCUT2D eigenvalue weighted by Gasteiger charge is -2.11. The van der Waals surface area contributed by atoms with Crippen LogP contribution in [0.5, 0.6) is 0 Å². The Labute approximate surface area is 143 Å². The van der Waals surface area contributed by atoms with E-state index in [0.717, 1.165) is 42.3 Å². The zero-order chi connectivity index (χ0) is 17.1. The number of hydrogen-bond acceptors (Lipinski definition) is 3. The number of nitrogens with zero attached hydrogens (tertiary/aromatic N) is 1. The first-order valence-electron chi connectivity index (χ1n) is 7.62. The molecular formula is C15H25ClN4O2S. The average molecular weight is 361 g/mol. The monoisotopic (exact) mass is 360 g/mol. The van der Waals surface area contributed by atoms with Gasteiger partial charge in [0.05, 0.1) is 6.26 Å². The van der Waals surface area contributed by atoms with Gasteiger partial charge in [-0.25, -0.2) is 13.1 Å². The summed E-state index contributed by atoms with van der Waals surface area (Å²) in [5.74, 6) is 0.721. The van der Waals surface area contributed by atoms with Crippen LogP contribution in [-0.4, -0.2) is 46.8 Å². The highest BCUT2D eigenvalue weighted by Gasteiger charge is 2.01. The highest BCUT2D eigenvalue weighted by Crippen LogP contribution is 2.14. The lowest BCUT2D eigenvalue weighted by Crippen LogP contribution is -2.38. The molecule has 0 radical (unpaired) electrons. The largest absolute Gasteiger partial charge is 0.357 e. The molecule has 23 heavy (non-hydrogen) atoms. The smallest absolute Gasteiger partial charge is 0.208 e. The third kappa shape index (κ3) is 9.43. The van der Waals surface area contributed by atoms with Crippen molar-refractivity contribution in [2.45, 2.75) is 19.8 Å². The molecule has 1 aromatic rings. The van der Waals surface area contributed by atoms with Crippen molar-refractivity contribution in [2.24, 2.45) is 4.99 Å². The molecule has 3 N–H and O–H groups in total. The summed E-state index contributed by atoms with van der Waals surface area (Å²) < 4.78 is 24.3. The SMILES string of the molecule is CCNC(=NCCCNS(C)(=O)=O)NCCc1ccccc1Cl. The Bertz CT molecular complexity index is 605. The Hall–Kier alpha value is -1.31. The summed E-state index contributed by atoms with van der Waals surface area (Å²) >= 11 is 6.13. The van der Waals surface area contributed by atoms with E-state index in [0.29, 0.717) is 19.5 Å². The number of aliphatic imine (C=N–C) groups is 1. The molecule has 0 spiro atoms. The predicted molar refractivity (Wildman–Crippen MR) is 96.6 cm³/mol. The fraction of sp³-hybridized carbons (Fsp3) is 0.533. The molecule has 0 aliphatic carbocycles. The molecule has 1 aromatic carbocycles. The maximum atomic E-state index is 11.0. The summed E-state index contributed by atoms with van der Waals surface area (Å²) in [6.45, 7) is 4.42. The van der Waals surface area contributed by atoms with Crippen molar-refractivity contribution in [3.63, 3.8) is 0 Å². The molecule has 6 nitrogen and oxygen atoms in total. The molecule has 0 amide bonds. The summed E-state index contributed by atoms with van der Waals surface area (Å²) in [5, 5.41) is 7.17. The van der Waals surface area contributed by atoms with Gasteiger partial charge in [-0.15, -0.1) is 0 Å². The maximum Gasteiger partial charge on any atom is 0.208 e. The predicted octanol–water partition coefficient (Wildman–Crippen LogP) is 1.38. The van der Waals surface area contributed by atoms with Gasteiger partial charge in [0.15, 0.2) is 5.96 Å². The Balaban J connectivity index is 2.36. The van der Waals surface area contributed by atoms with Gasteiger partial charge in [-0.2, -0.15) is 0 Å². The van der Waals surface area contributed by atoms with Crippen LogP contribution in [0.25, 0.3) is 0 Å². The van der Waals surface area contributed by atoms with E-state index in [1.165, 1.54) is 0 Å². The van der Waals surface area contributed by atoms with E-state index in [1.807, 2.05) is 31.2 Å². The molecular weight excluding hydrogens is 336 g/mol. The molecule has 1 rings (SSSR count). The molecule has 0 aromatic heterocycles. The van der Waals surface area contributed by atoms with E-state index in [2.05, 4.69) is 20.3 Å². The van der Waals surface area contributed by atoms with Crippen LogP contribution in [-0.2, 0) is 16.4 Å². The van der Waals surface area contributed by atoms with Crippen LogP contribution in [0.2, 0.25) is 5.02 Å². The first-order valence-corrected chi connectivity index (χ1v) is 9.89. The molecule has 8 heteroatoms. The van der Waals surface area contributed by atoms with Crippen LogP contribution in [0, 0.1) is 0 Å². The van der Waals surface area contributed by atoms with Gasteiger partial charge in [-0.1, -0.05) is 29.8 Å². The van der Waals surface area contributed by atoms with Crippen molar-refractivity contribution in [2.75, 3.05) is 32.4 Å². The number of halogens is 1. The molecule has 130 valence electrons. The van der Waals surface area contributed by atoms with Crippen molar-refractivity contribution in [3.8, 4) is 0 Å². The zero-order valence-electron chi connectivity index (χ0n) is 13.6. The molecule has 0 aliphatic heterocycles. The van der Waals surface area contributed by atoms with Crippen molar-refractivity contribution in [1.82, 2.24) is 15.4 Å². The minimum atomic E-state index is -3.13. The maximum absolute atomic E-state index is 11.0. The zero-order valence-corrected chi connectivity index (χ0v) is 15.2. The Morgan fingerprint density at radius 3 is 2.61 bits per heavy atom. The fourth-order valence-electron chi connectivity index (χ4n) is 1.89. The van der Waals surface area contributed by atoms with E-state index in [1.54, 1.807) is 0 Å². The van der Waals surface area contributed by atoms with E-state index < -0.39 is 10.0 Å². The Morgan fingerprint density at radius 1 is 1.22 bits per heavy atom. The molecule has 0 aliphatic rings. The normalized spacial score (nSPS) is 12.2. The minimum Gasteiger partial charge on any atom is -0.357 e. The number of guanidine groups is 1. The van der Waals surface area contributed by atoms with Crippen molar-refractivity contribution in [3.05, 3.63) is 34.9 Å². The van der Waals surface area contributed by atoms with Crippen molar-refractivity contribution < 1.29 is 8.42 Å². The van der Waals surface area contributed by atoms with Gasteiger partial charge >= 0.3 is 0 Å². The second-order valence-electron chi connectivity index (χ2n) is 5.05. The molecule has 0 saturated carbocycles. The van der Waals surface area contributed by atoms with Gasteiger partial charge in [0, 0.05) is 31.2 Å². The lowest BCUT2D eigenvalue weighted by atomic mass is 10.1. The van der Waals surface area contributed by atoms with Gasteiger partial charge in [0.25, 0.3) is 0 Å². The van der Waals surface area contributed by atoms with Crippen LogP contribution in [0.4, 0.5) is 0 Å². The first kappa shape index (κ1) is 19.7. The van der Waals surface area contributed by atoms with Crippen LogP contribution in [0.15, 0.2) is 29.3 Å². The molecule has 0 fully saturated rings. The lowest BCUT2D eigenvalue weighted by molar-refractivity contribution is 0.585. The third-order valence-electron chi connectivity index (χ3n) is 2.96. The minimum absolute atomic E-state index is 0.390. The van der Waals surface area contributed by atoms with E-state index in [-0.39, 0.29) is 0 Å². The quantitative estimate of drug-likeness (QED) is 0.353. The standard InChI is InChI=1S/C15H25ClN4O2S/c1-3-17-15(18-10-6-11-20-23(2,21)22)19-12-9-13-7-4-5-8-14(13)16/h4-5,7-8,20H,3,6,9-12H2,1-2H3,(H2,17,18,19). The Kier molecular flexibility index (Phi) is 8.98. The fourth-order valence-corrected chi connectivity index (χ4v) is 2.63. The molecule has 0 heterocycles. The van der Waals surface area contributed by atoms with Crippen LogP contribution < -0.4 is 15.4 Å². The molecule has 0 atom stereocenters. The number of hydrogen-bond donors (Lipinski definition) is 3. The van der Waals surface area contributed by atoms with Crippen molar-refractivity contribution in [1.29, 1.82) is 0 Å². The summed E-state index contributed by atoms with van der Waals surface area (Å²) in [5.41, 5.74) is 1.09. The van der Waals surface area contributed by atoms with Gasteiger partial charge in [0.1, 0.15) is 0 Å². The van der Waals surface area contributed by atoms with Crippen LogP contribution >= 0.6 is 11.6 Å². The van der Waals surface area contributed by atoms with E-state index >= 15 is 0 Å². The van der Waals surface area contributed by atoms with Gasteiger partial charge in [0.2, 0.25) is 10.0 Å². The topological polar surface area (TPSA) is 82.6 Å². The highest BCUT2D eigenvalue weighted by molar-refractivity contribution is 7.88. The average Bonchev–Trinajstić information content (AvgIpc) is 2.47. The van der Waals surface area contributed by atoms with E-state index in [4.69, 9.17) is 11.6 Å². The number of benzene rings is 1. The summed E-state index contributed by atoms with van der Waals surface area (Å²) in [6, 6.07) is 7.76. The number of rotatable bonds is 9. The second kappa shape index (κ2) is 10.5. The van der Waals surface area contributed by atoms with Gasteiger partial charge in [-0.3, -0.25) is 4.99 Å². The Morgan fingerprint density at radius 2 is 1.96 bits per heavy atom. The van der Waals surface area contributed by atoms with Gasteiger partial charge in [-0.05, 0) is 31.4 Å². The number of sulfonamides is 1. The first-order chi connectivity index (χ1) is 10.9. The second-order valence-corrected chi connectivity index (χ2v) is 7.29. The number of nitrogens with one attached hydrogen (secondary N) is 3. The summed E-state index contributed by atoms with van der Waals surface area (Å²) in [7, 11) is -3.13. The third-order valence-corrected chi connectivity index (χ3v) is 4.06. The van der Waals surface area contributed by atoms with E-state index in [9.17, 15) is 8.42 Å². The summed E-state index contributed by atoms with van der Waals surface area (Å²) in [4.78, 5) is 4.41. The van der Waals surface area contributed by atoms with Crippen LogP contribution in [0.1, 0.15) is 18.9 Å². The molecule has 0 bridgehead atoms. The van der Waals surface area contributed by atoms with Crippen LogP contribution in [0.3, 0.4) is 0 Å². The van der Waals surface area contributed by atoms with Crippen molar-refractivity contribution >= 4 is 27.6 Å². The molecule has 0 unspecified atom stereocenters. The van der Waals surface area contributed by atoms with Gasteiger partial charge < -0.3 is 10.6 Å².